The van der Waals surface area contributed by atoms with Crippen molar-refractivity contribution in [1.82, 2.24) is 5.32 Å². The first kappa shape index (κ1) is 14.8. The lowest BCUT2D eigenvalue weighted by atomic mass is 9.67. The van der Waals surface area contributed by atoms with Crippen LogP contribution in [0, 0.1) is 5.41 Å². The number of nitrogens with two attached hydrogens (primary N) is 1. The van der Waals surface area contributed by atoms with Gasteiger partial charge in [-0.05, 0) is 37.5 Å². The molecule has 2 saturated carbocycles. The van der Waals surface area contributed by atoms with Crippen LogP contribution in [0.1, 0.15) is 78.1 Å². The predicted molar refractivity (Wildman–Crippen MR) is 78.8 cm³/mol. The van der Waals surface area contributed by atoms with Gasteiger partial charge in [-0.3, -0.25) is 4.79 Å². The van der Waals surface area contributed by atoms with Gasteiger partial charge >= 0.3 is 0 Å². The first-order valence-corrected chi connectivity index (χ1v) is 8.01. The average Bonchev–Trinajstić information content (AvgIpc) is 2.56. The van der Waals surface area contributed by atoms with E-state index in [-0.39, 0.29) is 11.3 Å². The molecule has 0 spiro atoms. The second kappa shape index (κ2) is 5.82. The molecule has 1 unspecified atom stereocenters. The van der Waals surface area contributed by atoms with Crippen LogP contribution < -0.4 is 11.1 Å². The molecular weight excluding hydrogens is 236 g/mol. The number of amides is 1. The van der Waals surface area contributed by atoms with Crippen LogP contribution in [0.5, 0.6) is 0 Å². The summed E-state index contributed by atoms with van der Waals surface area (Å²) in [5, 5.41) is 3.69. The third-order valence-corrected chi connectivity index (χ3v) is 5.04. The van der Waals surface area contributed by atoms with Crippen molar-refractivity contribution in [3.63, 3.8) is 0 Å². The monoisotopic (exact) mass is 266 g/mol. The largest absolute Gasteiger partial charge is 0.368 e. The summed E-state index contributed by atoms with van der Waals surface area (Å²) in [7, 11) is 0. The summed E-state index contributed by atoms with van der Waals surface area (Å²) in [6, 6.07) is 0.490. The van der Waals surface area contributed by atoms with Crippen LogP contribution in [0.25, 0.3) is 0 Å². The van der Waals surface area contributed by atoms with Gasteiger partial charge in [0, 0.05) is 6.04 Å². The summed E-state index contributed by atoms with van der Waals surface area (Å²) in [6.07, 6.45) is 11.8. The fourth-order valence-corrected chi connectivity index (χ4v) is 4.08. The fraction of sp³-hybridized carbons (Fsp3) is 0.938. The van der Waals surface area contributed by atoms with Crippen molar-refractivity contribution in [2.24, 2.45) is 11.1 Å². The minimum absolute atomic E-state index is 0.135. The fourth-order valence-electron chi connectivity index (χ4n) is 4.08. The lowest BCUT2D eigenvalue weighted by Gasteiger charge is -2.45. The summed E-state index contributed by atoms with van der Waals surface area (Å²) in [5.74, 6) is -0.135. The highest BCUT2D eigenvalue weighted by Crippen LogP contribution is 2.41. The Morgan fingerprint density at radius 1 is 1.05 bits per heavy atom. The molecule has 2 aliphatic rings. The molecule has 3 N–H and O–H groups in total. The van der Waals surface area contributed by atoms with Gasteiger partial charge in [0.2, 0.25) is 5.91 Å². The molecule has 2 fully saturated rings. The van der Waals surface area contributed by atoms with Crippen molar-refractivity contribution in [3.05, 3.63) is 0 Å². The van der Waals surface area contributed by atoms with Gasteiger partial charge in [-0.25, -0.2) is 0 Å². The Balaban J connectivity index is 2.08. The van der Waals surface area contributed by atoms with Gasteiger partial charge in [0.05, 0.1) is 5.54 Å². The van der Waals surface area contributed by atoms with Crippen LogP contribution in [0.3, 0.4) is 0 Å². The molecule has 0 aromatic heterocycles. The van der Waals surface area contributed by atoms with E-state index in [1.165, 1.54) is 44.9 Å². The molecule has 3 nitrogen and oxygen atoms in total. The zero-order valence-electron chi connectivity index (χ0n) is 12.6. The zero-order valence-corrected chi connectivity index (χ0v) is 12.6. The van der Waals surface area contributed by atoms with Crippen LogP contribution in [0.2, 0.25) is 0 Å². The van der Waals surface area contributed by atoms with Crippen molar-refractivity contribution in [2.45, 2.75) is 89.6 Å². The summed E-state index contributed by atoms with van der Waals surface area (Å²) in [5.41, 5.74) is 5.56. The molecule has 2 rings (SSSR count). The molecule has 0 heterocycles. The van der Waals surface area contributed by atoms with E-state index in [9.17, 15) is 4.79 Å². The Kier molecular flexibility index (Phi) is 4.54. The van der Waals surface area contributed by atoms with Crippen LogP contribution in [-0.4, -0.2) is 17.5 Å². The molecule has 2 aliphatic carbocycles. The van der Waals surface area contributed by atoms with E-state index in [2.05, 4.69) is 19.2 Å². The van der Waals surface area contributed by atoms with Crippen molar-refractivity contribution < 1.29 is 4.79 Å². The van der Waals surface area contributed by atoms with Gasteiger partial charge in [-0.1, -0.05) is 46.0 Å². The SMILES string of the molecule is CC1(C)CCCC(NC2CCCCCC2)(C(N)=O)C1. The lowest BCUT2D eigenvalue weighted by molar-refractivity contribution is -0.128. The minimum Gasteiger partial charge on any atom is -0.368 e. The second-order valence-electron chi connectivity index (χ2n) is 7.47. The van der Waals surface area contributed by atoms with Crippen LogP contribution in [0.4, 0.5) is 0 Å². The van der Waals surface area contributed by atoms with Gasteiger partial charge in [0.15, 0.2) is 0 Å². The maximum Gasteiger partial charge on any atom is 0.237 e. The molecule has 1 amide bonds. The number of hydrogen-bond acceptors (Lipinski definition) is 2. The van der Waals surface area contributed by atoms with E-state index in [1.54, 1.807) is 0 Å². The molecule has 110 valence electrons. The van der Waals surface area contributed by atoms with Gasteiger partial charge < -0.3 is 11.1 Å². The Bertz CT molecular complexity index is 319. The van der Waals surface area contributed by atoms with E-state index in [4.69, 9.17) is 5.73 Å². The minimum atomic E-state index is -0.448. The molecule has 1 atom stereocenters. The average molecular weight is 266 g/mol. The topological polar surface area (TPSA) is 55.1 Å². The van der Waals surface area contributed by atoms with Gasteiger partial charge in [-0.2, -0.15) is 0 Å². The normalized spacial score (nSPS) is 32.7. The molecule has 0 aliphatic heterocycles. The first-order valence-electron chi connectivity index (χ1n) is 8.01. The van der Waals surface area contributed by atoms with E-state index >= 15 is 0 Å². The quantitative estimate of drug-likeness (QED) is 0.771. The maximum absolute atomic E-state index is 12.1. The number of primary amides is 1. The van der Waals surface area contributed by atoms with Crippen LogP contribution in [0.15, 0.2) is 0 Å². The molecule has 0 radical (unpaired) electrons. The first-order chi connectivity index (χ1) is 8.94. The molecule has 3 heteroatoms. The van der Waals surface area contributed by atoms with Gasteiger partial charge in [-0.15, -0.1) is 0 Å². The van der Waals surface area contributed by atoms with Gasteiger partial charge in [0.1, 0.15) is 0 Å². The van der Waals surface area contributed by atoms with Crippen molar-refractivity contribution >= 4 is 5.91 Å². The van der Waals surface area contributed by atoms with E-state index in [0.29, 0.717) is 6.04 Å². The number of carbonyl (C=O) groups excluding carboxylic acids is 1. The van der Waals surface area contributed by atoms with Crippen molar-refractivity contribution in [1.29, 1.82) is 0 Å². The number of carbonyl (C=O) groups is 1. The summed E-state index contributed by atoms with van der Waals surface area (Å²) < 4.78 is 0. The zero-order chi connectivity index (χ0) is 13.9. The number of rotatable bonds is 3. The molecule has 19 heavy (non-hydrogen) atoms. The summed E-state index contributed by atoms with van der Waals surface area (Å²) in [4.78, 5) is 12.1. The standard InChI is InChI=1S/C16H30N2O/c1-15(2)10-7-11-16(12-15,14(17)19)18-13-8-5-3-4-6-9-13/h13,18H,3-12H2,1-2H3,(H2,17,19). The Morgan fingerprint density at radius 2 is 1.68 bits per heavy atom. The second-order valence-corrected chi connectivity index (χ2v) is 7.47. The molecule has 0 bridgehead atoms. The van der Waals surface area contributed by atoms with E-state index in [1.807, 2.05) is 0 Å². The Morgan fingerprint density at radius 3 is 2.21 bits per heavy atom. The van der Waals surface area contributed by atoms with E-state index in [0.717, 1.165) is 19.3 Å². The van der Waals surface area contributed by atoms with Crippen LogP contribution >= 0.6 is 0 Å². The van der Waals surface area contributed by atoms with Crippen LogP contribution in [-0.2, 0) is 4.79 Å². The maximum atomic E-state index is 12.1. The highest BCUT2D eigenvalue weighted by Gasteiger charge is 2.45. The summed E-state index contributed by atoms with van der Waals surface area (Å²) >= 11 is 0. The van der Waals surface area contributed by atoms with Crippen molar-refractivity contribution in [2.75, 3.05) is 0 Å². The lowest BCUT2D eigenvalue weighted by Crippen LogP contribution is -2.61. The smallest absolute Gasteiger partial charge is 0.237 e. The molecular formula is C16H30N2O. The molecule has 0 saturated heterocycles. The highest BCUT2D eigenvalue weighted by atomic mass is 16.1. The third kappa shape index (κ3) is 3.71. The summed E-state index contributed by atoms with van der Waals surface area (Å²) in [6.45, 7) is 4.53. The number of hydrogen-bond donors (Lipinski definition) is 2. The van der Waals surface area contributed by atoms with E-state index < -0.39 is 5.54 Å². The highest BCUT2D eigenvalue weighted by molar-refractivity contribution is 5.85. The van der Waals surface area contributed by atoms with Crippen molar-refractivity contribution in [3.8, 4) is 0 Å². The molecule has 0 aromatic rings. The van der Waals surface area contributed by atoms with Gasteiger partial charge in [0.25, 0.3) is 0 Å². The predicted octanol–water partition coefficient (Wildman–Crippen LogP) is 3.12. The molecule has 0 aromatic carbocycles. The third-order valence-electron chi connectivity index (χ3n) is 5.04. The Hall–Kier alpha value is -0.570. The number of nitrogens with one attached hydrogen (secondary N) is 1. The Labute approximate surface area is 117 Å².